The summed E-state index contributed by atoms with van der Waals surface area (Å²) >= 11 is 1.44. The molecule has 2 aromatic carbocycles. The highest BCUT2D eigenvalue weighted by atomic mass is 32.2. The summed E-state index contributed by atoms with van der Waals surface area (Å²) in [6.07, 6.45) is 3.22. The van der Waals surface area contributed by atoms with Crippen molar-refractivity contribution in [3.8, 4) is 5.75 Å². The molecule has 1 heterocycles. The molecule has 4 atom stereocenters. The molecule has 0 radical (unpaired) electrons. The standard InChI is InChI=1S/C32H44N8O7S/c1-48-15-13-24-29(44)36-18-27(42)37-25(16-19-9-11-20(41)12-10-19)31(46)38-23(8-4-5-14-33)30(45)40-26(32(47)39-24)17-35-28(43)21-6-2-3-7-22(21)34/h2-3,6-7,9-12,23-26,41H,4-5,8,13-18,33-34H2,1H3,(H,35,43)(H,36,44)(H,37,42)(H,38,46)(H,39,47)(H,40,45)/t23-,24-,25+,26+/m1/s1. The third kappa shape index (κ3) is 11.8. The summed E-state index contributed by atoms with van der Waals surface area (Å²) in [5.74, 6) is -3.56. The number of hydrogen-bond acceptors (Lipinski definition) is 10. The van der Waals surface area contributed by atoms with E-state index in [1.54, 1.807) is 30.3 Å². The molecule has 2 aromatic rings. The Bertz CT molecular complexity index is 1440. The number of nitrogens with one attached hydrogen (secondary N) is 6. The summed E-state index contributed by atoms with van der Waals surface area (Å²) in [4.78, 5) is 80.1. The van der Waals surface area contributed by atoms with E-state index in [4.69, 9.17) is 11.5 Å². The Morgan fingerprint density at radius 1 is 0.833 bits per heavy atom. The summed E-state index contributed by atoms with van der Waals surface area (Å²) < 4.78 is 0. The lowest BCUT2D eigenvalue weighted by atomic mass is 10.0. The Balaban J connectivity index is 1.95. The third-order valence-electron chi connectivity index (χ3n) is 7.58. The van der Waals surface area contributed by atoms with Crippen LogP contribution in [-0.4, -0.2) is 96.4 Å². The molecular formula is C32H44N8O7S. The van der Waals surface area contributed by atoms with Gasteiger partial charge in [-0.2, -0.15) is 11.8 Å². The Labute approximate surface area is 283 Å². The number of unbranched alkanes of at least 4 members (excludes halogenated alkanes) is 1. The summed E-state index contributed by atoms with van der Waals surface area (Å²) in [5, 5.41) is 25.4. The van der Waals surface area contributed by atoms with Crippen LogP contribution in [0.15, 0.2) is 48.5 Å². The van der Waals surface area contributed by atoms with E-state index >= 15 is 0 Å². The van der Waals surface area contributed by atoms with Crippen LogP contribution in [0.2, 0.25) is 0 Å². The highest BCUT2D eigenvalue weighted by Gasteiger charge is 2.32. The van der Waals surface area contributed by atoms with E-state index in [1.165, 1.54) is 30.0 Å². The fraction of sp³-hybridized carbons (Fsp3) is 0.438. The monoisotopic (exact) mass is 684 g/mol. The number of carbonyl (C=O) groups is 6. The number of hydrogen-bond donors (Lipinski definition) is 9. The maximum absolute atomic E-state index is 13.7. The highest BCUT2D eigenvalue weighted by Crippen LogP contribution is 2.13. The number of para-hydroxylation sites is 1. The summed E-state index contributed by atoms with van der Waals surface area (Å²) in [7, 11) is 0. The van der Waals surface area contributed by atoms with Crippen molar-refractivity contribution < 1.29 is 33.9 Å². The maximum atomic E-state index is 13.7. The average molecular weight is 685 g/mol. The van der Waals surface area contributed by atoms with Crippen LogP contribution in [0, 0.1) is 0 Å². The van der Waals surface area contributed by atoms with Crippen LogP contribution >= 0.6 is 11.8 Å². The zero-order valence-corrected chi connectivity index (χ0v) is 27.6. The number of amides is 6. The molecule has 1 fully saturated rings. The molecule has 260 valence electrons. The Hall–Kier alpha value is -4.83. The molecule has 48 heavy (non-hydrogen) atoms. The molecular weight excluding hydrogens is 640 g/mol. The molecule has 3 rings (SSSR count). The number of phenolic OH excluding ortho intramolecular Hbond substituents is 1. The third-order valence-corrected chi connectivity index (χ3v) is 8.22. The van der Waals surface area contributed by atoms with Gasteiger partial charge in [0.05, 0.1) is 12.1 Å². The zero-order chi connectivity index (χ0) is 35.1. The topological polar surface area (TPSA) is 247 Å². The molecule has 0 unspecified atom stereocenters. The van der Waals surface area contributed by atoms with Gasteiger partial charge < -0.3 is 48.5 Å². The predicted molar refractivity (Wildman–Crippen MR) is 182 cm³/mol. The second-order valence-electron chi connectivity index (χ2n) is 11.3. The highest BCUT2D eigenvalue weighted by molar-refractivity contribution is 7.98. The van der Waals surface area contributed by atoms with Gasteiger partial charge >= 0.3 is 0 Å². The fourth-order valence-electron chi connectivity index (χ4n) is 4.90. The average Bonchev–Trinajstić information content (AvgIpc) is 3.07. The molecule has 0 spiro atoms. The van der Waals surface area contributed by atoms with E-state index in [1.807, 2.05) is 6.26 Å². The first-order chi connectivity index (χ1) is 23.0. The van der Waals surface area contributed by atoms with Gasteiger partial charge in [0.2, 0.25) is 29.5 Å². The van der Waals surface area contributed by atoms with Crippen molar-refractivity contribution in [3.63, 3.8) is 0 Å². The predicted octanol–water partition coefficient (Wildman–Crippen LogP) is -1.10. The van der Waals surface area contributed by atoms with E-state index in [2.05, 4.69) is 31.9 Å². The Morgan fingerprint density at radius 3 is 2.12 bits per heavy atom. The number of nitrogen functional groups attached to an aromatic ring is 1. The van der Waals surface area contributed by atoms with E-state index in [-0.39, 0.29) is 42.8 Å². The van der Waals surface area contributed by atoms with Gasteiger partial charge in [-0.15, -0.1) is 0 Å². The van der Waals surface area contributed by atoms with Crippen molar-refractivity contribution in [3.05, 3.63) is 59.7 Å². The molecule has 15 nitrogen and oxygen atoms in total. The normalized spacial score (nSPS) is 21.0. The lowest BCUT2D eigenvalue weighted by Crippen LogP contribution is -2.60. The van der Waals surface area contributed by atoms with Crippen LogP contribution in [0.4, 0.5) is 5.69 Å². The minimum atomic E-state index is -1.36. The number of thioether (sulfide) groups is 1. The first-order valence-corrected chi connectivity index (χ1v) is 17.0. The van der Waals surface area contributed by atoms with Gasteiger partial charge in [-0.25, -0.2) is 0 Å². The van der Waals surface area contributed by atoms with Crippen molar-refractivity contribution in [1.29, 1.82) is 0 Å². The molecule has 0 aromatic heterocycles. The van der Waals surface area contributed by atoms with Gasteiger partial charge in [0.15, 0.2) is 0 Å². The van der Waals surface area contributed by atoms with Crippen LogP contribution in [0.1, 0.15) is 41.6 Å². The molecule has 6 amide bonds. The molecule has 1 aliphatic heterocycles. The first-order valence-electron chi connectivity index (χ1n) is 15.6. The number of benzene rings is 2. The van der Waals surface area contributed by atoms with Crippen molar-refractivity contribution >= 4 is 52.9 Å². The largest absolute Gasteiger partial charge is 0.508 e. The van der Waals surface area contributed by atoms with E-state index < -0.39 is 66.2 Å². The van der Waals surface area contributed by atoms with E-state index in [9.17, 15) is 33.9 Å². The lowest BCUT2D eigenvalue weighted by molar-refractivity contribution is -0.134. The number of carbonyl (C=O) groups excluding carboxylic acids is 6. The number of rotatable bonds is 12. The second kappa shape index (κ2) is 19.1. The summed E-state index contributed by atoms with van der Waals surface area (Å²) in [6, 6.07) is 7.67. The molecule has 0 aliphatic carbocycles. The van der Waals surface area contributed by atoms with E-state index in [0.29, 0.717) is 30.7 Å². The molecule has 0 saturated carbocycles. The van der Waals surface area contributed by atoms with Crippen LogP contribution in [0.5, 0.6) is 5.75 Å². The van der Waals surface area contributed by atoms with Gasteiger partial charge in [0, 0.05) is 18.7 Å². The number of aromatic hydroxyl groups is 1. The number of phenols is 1. The Kier molecular flexibility index (Phi) is 15.0. The summed E-state index contributed by atoms with van der Waals surface area (Å²) in [6.45, 7) is -0.506. The minimum Gasteiger partial charge on any atom is -0.508 e. The van der Waals surface area contributed by atoms with Crippen LogP contribution in [0.3, 0.4) is 0 Å². The molecule has 16 heteroatoms. The molecule has 11 N–H and O–H groups in total. The van der Waals surface area contributed by atoms with Crippen molar-refractivity contribution in [2.45, 2.75) is 56.3 Å². The van der Waals surface area contributed by atoms with Crippen LogP contribution in [0.25, 0.3) is 0 Å². The lowest BCUT2D eigenvalue weighted by Gasteiger charge is -2.26. The van der Waals surface area contributed by atoms with Crippen LogP contribution < -0.4 is 43.4 Å². The Morgan fingerprint density at radius 2 is 1.46 bits per heavy atom. The van der Waals surface area contributed by atoms with Crippen LogP contribution in [-0.2, 0) is 30.4 Å². The second-order valence-corrected chi connectivity index (χ2v) is 12.2. The number of nitrogens with two attached hydrogens (primary N) is 2. The van der Waals surface area contributed by atoms with Crippen molar-refractivity contribution in [2.75, 3.05) is 37.4 Å². The first kappa shape index (κ1) is 37.6. The van der Waals surface area contributed by atoms with E-state index in [0.717, 1.165) is 0 Å². The molecule has 1 aliphatic rings. The van der Waals surface area contributed by atoms with Gasteiger partial charge in [0.1, 0.15) is 29.9 Å². The molecule has 0 bridgehead atoms. The van der Waals surface area contributed by atoms with Gasteiger partial charge in [-0.3, -0.25) is 28.8 Å². The smallest absolute Gasteiger partial charge is 0.253 e. The van der Waals surface area contributed by atoms with Crippen molar-refractivity contribution in [2.24, 2.45) is 5.73 Å². The van der Waals surface area contributed by atoms with Gasteiger partial charge in [-0.1, -0.05) is 24.3 Å². The quantitative estimate of drug-likeness (QED) is 0.0964. The van der Waals surface area contributed by atoms with Gasteiger partial charge in [0.25, 0.3) is 5.91 Å². The SMILES string of the molecule is CSCC[C@H]1NC(=O)[C@H](CNC(=O)c2ccccc2N)NC(=O)[C@@H](CCCCN)NC(=O)[C@H](Cc2ccc(O)cc2)NC(=O)CNC1=O. The zero-order valence-electron chi connectivity index (χ0n) is 26.8. The summed E-state index contributed by atoms with van der Waals surface area (Å²) in [5.41, 5.74) is 12.6. The van der Waals surface area contributed by atoms with Gasteiger partial charge in [-0.05, 0) is 74.1 Å². The van der Waals surface area contributed by atoms with Crippen molar-refractivity contribution in [1.82, 2.24) is 31.9 Å². The number of anilines is 1. The maximum Gasteiger partial charge on any atom is 0.253 e. The molecule has 1 saturated heterocycles. The fourth-order valence-corrected chi connectivity index (χ4v) is 5.37. The minimum absolute atomic E-state index is 0.0105.